The van der Waals surface area contributed by atoms with Gasteiger partial charge in [0.25, 0.3) is 0 Å². The fourth-order valence-electron chi connectivity index (χ4n) is 2.32. The van der Waals surface area contributed by atoms with Gasteiger partial charge in [0, 0.05) is 11.8 Å². The maximum atomic E-state index is 6.29. The molecule has 2 aromatic carbocycles. The van der Waals surface area contributed by atoms with Crippen molar-refractivity contribution in [3.63, 3.8) is 0 Å². The van der Waals surface area contributed by atoms with E-state index in [0.717, 1.165) is 28.3 Å². The molecule has 1 aromatic heterocycles. The minimum Gasteiger partial charge on any atom is -0.497 e. The highest BCUT2D eigenvalue weighted by Crippen LogP contribution is 2.29. The van der Waals surface area contributed by atoms with Crippen molar-refractivity contribution in [3.05, 3.63) is 54.4 Å². The number of fused-ring (bicyclic) bond motifs is 1. The third kappa shape index (κ3) is 2.14. The molecule has 1 unspecified atom stereocenters. The SMILES string of the molecule is COc1ccc2c(c1)nc(C(C)Cl)n2-c1ccccc1. The molecule has 0 saturated carbocycles. The van der Waals surface area contributed by atoms with Crippen LogP contribution < -0.4 is 4.74 Å². The van der Waals surface area contributed by atoms with Gasteiger partial charge in [-0.2, -0.15) is 0 Å². The van der Waals surface area contributed by atoms with Crippen molar-refractivity contribution in [2.45, 2.75) is 12.3 Å². The Labute approximate surface area is 122 Å². The maximum absolute atomic E-state index is 6.29. The Kier molecular flexibility index (Phi) is 3.36. The summed E-state index contributed by atoms with van der Waals surface area (Å²) in [5.74, 6) is 1.63. The van der Waals surface area contributed by atoms with E-state index in [1.54, 1.807) is 7.11 Å². The molecule has 0 aliphatic heterocycles. The fraction of sp³-hybridized carbons (Fsp3) is 0.188. The fourth-order valence-corrected chi connectivity index (χ4v) is 2.47. The van der Waals surface area contributed by atoms with Crippen LogP contribution in [0.15, 0.2) is 48.5 Å². The number of hydrogen-bond donors (Lipinski definition) is 0. The first-order valence-corrected chi connectivity index (χ1v) is 6.90. The summed E-state index contributed by atoms with van der Waals surface area (Å²) < 4.78 is 7.35. The molecule has 0 bridgehead atoms. The van der Waals surface area contributed by atoms with Crippen LogP contribution in [0.5, 0.6) is 5.75 Å². The standard InChI is InChI=1S/C16H15ClN2O/c1-11(17)16-18-14-10-13(20-2)8-9-15(14)19(16)12-6-4-3-5-7-12/h3-11H,1-2H3. The average molecular weight is 287 g/mol. The summed E-state index contributed by atoms with van der Waals surface area (Å²) in [6.07, 6.45) is 0. The molecule has 0 aliphatic carbocycles. The molecular weight excluding hydrogens is 272 g/mol. The number of benzene rings is 2. The molecule has 1 heterocycles. The number of halogens is 1. The number of alkyl halides is 1. The van der Waals surface area contributed by atoms with Gasteiger partial charge >= 0.3 is 0 Å². The van der Waals surface area contributed by atoms with E-state index in [1.807, 2.05) is 55.5 Å². The van der Waals surface area contributed by atoms with Crippen LogP contribution >= 0.6 is 11.6 Å². The van der Waals surface area contributed by atoms with Crippen molar-refractivity contribution >= 4 is 22.6 Å². The highest BCUT2D eigenvalue weighted by Gasteiger charge is 2.16. The van der Waals surface area contributed by atoms with Gasteiger partial charge < -0.3 is 4.74 Å². The van der Waals surface area contributed by atoms with Gasteiger partial charge in [0.05, 0.1) is 23.5 Å². The van der Waals surface area contributed by atoms with E-state index >= 15 is 0 Å². The first kappa shape index (κ1) is 13.0. The summed E-state index contributed by atoms with van der Waals surface area (Å²) in [4.78, 5) is 4.65. The third-order valence-electron chi connectivity index (χ3n) is 3.26. The van der Waals surface area contributed by atoms with Gasteiger partial charge in [0.1, 0.15) is 11.6 Å². The second kappa shape index (κ2) is 5.17. The highest BCUT2D eigenvalue weighted by molar-refractivity contribution is 6.20. The van der Waals surface area contributed by atoms with Crippen molar-refractivity contribution < 1.29 is 4.74 Å². The summed E-state index contributed by atoms with van der Waals surface area (Å²) in [5.41, 5.74) is 2.97. The Bertz CT molecular complexity index is 735. The van der Waals surface area contributed by atoms with Crippen LogP contribution in [0.1, 0.15) is 18.1 Å². The van der Waals surface area contributed by atoms with Gasteiger partial charge in [0.2, 0.25) is 0 Å². The average Bonchev–Trinajstić information content (AvgIpc) is 2.86. The lowest BCUT2D eigenvalue weighted by Gasteiger charge is -2.10. The summed E-state index contributed by atoms with van der Waals surface area (Å²) in [6.45, 7) is 1.93. The Balaban J connectivity index is 2.30. The molecule has 0 amide bonds. The van der Waals surface area contributed by atoms with E-state index in [-0.39, 0.29) is 5.38 Å². The maximum Gasteiger partial charge on any atom is 0.132 e. The first-order valence-electron chi connectivity index (χ1n) is 6.46. The van der Waals surface area contributed by atoms with E-state index in [0.29, 0.717) is 0 Å². The molecular formula is C16H15ClN2O. The number of hydrogen-bond acceptors (Lipinski definition) is 2. The highest BCUT2D eigenvalue weighted by atomic mass is 35.5. The lowest BCUT2D eigenvalue weighted by Crippen LogP contribution is -2.01. The van der Waals surface area contributed by atoms with E-state index < -0.39 is 0 Å². The van der Waals surface area contributed by atoms with E-state index in [4.69, 9.17) is 16.3 Å². The van der Waals surface area contributed by atoms with Crippen molar-refractivity contribution in [3.8, 4) is 11.4 Å². The smallest absolute Gasteiger partial charge is 0.132 e. The summed E-state index contributed by atoms with van der Waals surface area (Å²) in [6, 6.07) is 16.0. The molecule has 3 aromatic rings. The number of aromatic nitrogens is 2. The monoisotopic (exact) mass is 286 g/mol. The van der Waals surface area contributed by atoms with Gasteiger partial charge in [-0.05, 0) is 31.2 Å². The van der Waals surface area contributed by atoms with Gasteiger partial charge in [-0.3, -0.25) is 4.57 Å². The van der Waals surface area contributed by atoms with Gasteiger partial charge in [0.15, 0.2) is 0 Å². The number of rotatable bonds is 3. The molecule has 4 heteroatoms. The van der Waals surface area contributed by atoms with Crippen molar-refractivity contribution in [2.75, 3.05) is 7.11 Å². The van der Waals surface area contributed by atoms with E-state index in [1.165, 1.54) is 0 Å². The molecule has 0 aliphatic rings. The number of methoxy groups -OCH3 is 1. The number of nitrogens with zero attached hydrogens (tertiary/aromatic N) is 2. The van der Waals surface area contributed by atoms with Crippen LogP contribution in [0, 0.1) is 0 Å². The minimum absolute atomic E-state index is 0.173. The predicted molar refractivity (Wildman–Crippen MR) is 81.9 cm³/mol. The van der Waals surface area contributed by atoms with Crippen LogP contribution in [0.4, 0.5) is 0 Å². The molecule has 0 N–H and O–H groups in total. The van der Waals surface area contributed by atoms with Crippen LogP contribution in [0.2, 0.25) is 0 Å². The normalized spacial score (nSPS) is 12.6. The molecule has 102 valence electrons. The Morgan fingerprint density at radius 2 is 1.90 bits per heavy atom. The van der Waals surface area contributed by atoms with E-state index in [2.05, 4.69) is 9.55 Å². The van der Waals surface area contributed by atoms with E-state index in [9.17, 15) is 0 Å². The zero-order valence-electron chi connectivity index (χ0n) is 11.4. The molecule has 0 spiro atoms. The number of imidazole rings is 1. The molecule has 3 rings (SSSR count). The van der Waals surface area contributed by atoms with Gasteiger partial charge in [-0.15, -0.1) is 11.6 Å². The molecule has 3 nitrogen and oxygen atoms in total. The van der Waals surface area contributed by atoms with Gasteiger partial charge in [-0.25, -0.2) is 4.98 Å². The number of ether oxygens (including phenoxy) is 1. The van der Waals surface area contributed by atoms with Crippen LogP contribution in [0.3, 0.4) is 0 Å². The molecule has 20 heavy (non-hydrogen) atoms. The molecule has 0 radical (unpaired) electrons. The van der Waals surface area contributed by atoms with Crippen molar-refractivity contribution in [2.24, 2.45) is 0 Å². The molecule has 1 atom stereocenters. The minimum atomic E-state index is -0.173. The second-order valence-electron chi connectivity index (χ2n) is 4.61. The second-order valence-corrected chi connectivity index (χ2v) is 5.27. The lowest BCUT2D eigenvalue weighted by molar-refractivity contribution is 0.415. The quantitative estimate of drug-likeness (QED) is 0.670. The zero-order chi connectivity index (χ0) is 14.1. The summed E-state index contributed by atoms with van der Waals surface area (Å²) >= 11 is 6.29. The topological polar surface area (TPSA) is 27.1 Å². The predicted octanol–water partition coefficient (Wildman–Crippen LogP) is 4.33. The van der Waals surface area contributed by atoms with Gasteiger partial charge in [-0.1, -0.05) is 18.2 Å². The Morgan fingerprint density at radius 1 is 1.15 bits per heavy atom. The number of para-hydroxylation sites is 1. The lowest BCUT2D eigenvalue weighted by atomic mass is 10.2. The third-order valence-corrected chi connectivity index (χ3v) is 3.45. The Hall–Kier alpha value is -2.00. The van der Waals surface area contributed by atoms with Crippen molar-refractivity contribution in [1.82, 2.24) is 9.55 Å². The first-order chi connectivity index (χ1) is 9.70. The molecule has 0 fully saturated rings. The molecule has 0 saturated heterocycles. The summed E-state index contributed by atoms with van der Waals surface area (Å²) in [7, 11) is 1.65. The van der Waals surface area contributed by atoms with Crippen LogP contribution in [0.25, 0.3) is 16.7 Å². The largest absolute Gasteiger partial charge is 0.497 e. The zero-order valence-corrected chi connectivity index (χ0v) is 12.1. The van der Waals surface area contributed by atoms with Crippen LogP contribution in [-0.2, 0) is 0 Å². The Morgan fingerprint density at radius 3 is 2.55 bits per heavy atom. The summed E-state index contributed by atoms with van der Waals surface area (Å²) in [5, 5.41) is -0.173. The van der Waals surface area contributed by atoms with Crippen molar-refractivity contribution in [1.29, 1.82) is 0 Å². The van der Waals surface area contributed by atoms with Crippen LogP contribution in [-0.4, -0.2) is 16.7 Å².